The molecule has 0 aliphatic carbocycles. The van der Waals surface area contributed by atoms with Gasteiger partial charge in [0.2, 0.25) is 0 Å². The summed E-state index contributed by atoms with van der Waals surface area (Å²) >= 11 is 0. The lowest BCUT2D eigenvalue weighted by molar-refractivity contribution is -0.137. The van der Waals surface area contributed by atoms with Crippen LogP contribution in [0.3, 0.4) is 0 Å². The van der Waals surface area contributed by atoms with Crippen LogP contribution in [0.15, 0.2) is 87.2 Å². The summed E-state index contributed by atoms with van der Waals surface area (Å²) in [7, 11) is 0. The van der Waals surface area contributed by atoms with E-state index in [-0.39, 0.29) is 0 Å². The van der Waals surface area contributed by atoms with Gasteiger partial charge >= 0.3 is 6.18 Å². The molecule has 0 N–H and O–H groups in total. The number of halogens is 3. The second-order valence-corrected chi connectivity index (χ2v) is 7.63. The number of hydrogen-bond acceptors (Lipinski definition) is 5. The lowest BCUT2D eigenvalue weighted by atomic mass is 10.2. The van der Waals surface area contributed by atoms with Crippen molar-refractivity contribution in [3.8, 4) is 0 Å². The Bertz CT molecular complexity index is 1110. The molecule has 0 bridgehead atoms. The van der Waals surface area contributed by atoms with Crippen molar-refractivity contribution >= 4 is 28.4 Å². The van der Waals surface area contributed by atoms with E-state index in [1.54, 1.807) is 18.2 Å². The van der Waals surface area contributed by atoms with Gasteiger partial charge in [-0.2, -0.15) is 33.6 Å². The number of hydrogen-bond donors (Lipinski definition) is 0. The molecule has 1 fully saturated rings. The Morgan fingerprint density at radius 2 is 1.22 bits per heavy atom. The van der Waals surface area contributed by atoms with Gasteiger partial charge in [-0.25, -0.2) is 0 Å². The van der Waals surface area contributed by atoms with Gasteiger partial charge < -0.3 is 4.90 Å². The van der Waals surface area contributed by atoms with E-state index in [1.807, 2.05) is 19.1 Å². The molecule has 5 nitrogen and oxygen atoms in total. The van der Waals surface area contributed by atoms with E-state index in [2.05, 4.69) is 37.5 Å². The molecule has 0 saturated carbocycles. The Morgan fingerprint density at radius 1 is 0.688 bits per heavy atom. The molecule has 3 aromatic rings. The van der Waals surface area contributed by atoms with Crippen molar-refractivity contribution in [2.75, 3.05) is 18.0 Å². The minimum absolute atomic E-state index is 0.344. The fraction of sp³-hybridized carbons (Fsp3) is 0.250. The number of anilines is 1. The Morgan fingerprint density at radius 3 is 1.81 bits per heavy atom. The van der Waals surface area contributed by atoms with Crippen molar-refractivity contribution in [1.82, 2.24) is 0 Å². The predicted octanol–water partition coefficient (Wildman–Crippen LogP) is 8.44. The van der Waals surface area contributed by atoms with Gasteiger partial charge in [0.25, 0.3) is 0 Å². The number of benzene rings is 3. The summed E-state index contributed by atoms with van der Waals surface area (Å²) in [4.78, 5) is 2.36. The van der Waals surface area contributed by atoms with Crippen molar-refractivity contribution in [1.29, 1.82) is 0 Å². The van der Waals surface area contributed by atoms with Gasteiger partial charge in [-0.3, -0.25) is 0 Å². The average Bonchev–Trinajstić information content (AvgIpc) is 3.32. The first-order valence-electron chi connectivity index (χ1n) is 10.3. The molecule has 0 aromatic heterocycles. The molecule has 0 atom stereocenters. The third kappa shape index (κ3) is 5.38. The summed E-state index contributed by atoms with van der Waals surface area (Å²) in [5.74, 6) is 0. The highest BCUT2D eigenvalue weighted by Crippen LogP contribution is 2.31. The standard InChI is InChI=1S/C24H22F3N5/c1-17-16-21(30-28-19-6-4-18(5-7-19)24(25,26)27)10-13-23(17)31-29-20-8-11-22(12-9-20)32-14-2-3-15-32/h4-13,16H,2-3,14-15H2,1H3/b30-28+,31-29+. The van der Waals surface area contributed by atoms with Gasteiger partial charge in [0.1, 0.15) is 0 Å². The van der Waals surface area contributed by atoms with Crippen LogP contribution >= 0.6 is 0 Å². The first-order chi connectivity index (χ1) is 15.4. The summed E-state index contributed by atoms with van der Waals surface area (Å²) in [5, 5.41) is 16.8. The van der Waals surface area contributed by atoms with Crippen LogP contribution in [0.4, 0.5) is 41.6 Å². The van der Waals surface area contributed by atoms with Crippen LogP contribution in [0.1, 0.15) is 24.0 Å². The molecule has 3 aromatic carbocycles. The molecule has 1 saturated heterocycles. The molecule has 0 spiro atoms. The molecule has 1 aliphatic rings. The SMILES string of the molecule is Cc1cc(/N=N/c2ccc(C(F)(F)F)cc2)ccc1/N=N/c1ccc(N2CCCC2)cc1. The molecule has 8 heteroatoms. The van der Waals surface area contributed by atoms with Gasteiger partial charge in [0.15, 0.2) is 0 Å². The fourth-order valence-corrected chi connectivity index (χ4v) is 3.46. The van der Waals surface area contributed by atoms with E-state index in [0.29, 0.717) is 17.1 Å². The van der Waals surface area contributed by atoms with Gasteiger partial charge in [0, 0.05) is 18.8 Å². The second-order valence-electron chi connectivity index (χ2n) is 7.63. The molecule has 1 heterocycles. The van der Waals surface area contributed by atoms with Crippen LogP contribution in [-0.4, -0.2) is 13.1 Å². The average molecular weight is 437 g/mol. The van der Waals surface area contributed by atoms with Gasteiger partial charge in [-0.05, 0) is 92.1 Å². The normalized spacial score (nSPS) is 14.7. The van der Waals surface area contributed by atoms with E-state index in [4.69, 9.17) is 0 Å². The zero-order valence-electron chi connectivity index (χ0n) is 17.5. The molecule has 0 unspecified atom stereocenters. The third-order valence-electron chi connectivity index (χ3n) is 5.25. The quantitative estimate of drug-likeness (QED) is 0.369. The third-order valence-corrected chi connectivity index (χ3v) is 5.25. The maximum absolute atomic E-state index is 12.6. The summed E-state index contributed by atoms with van der Waals surface area (Å²) in [5.41, 5.74) is 3.77. The number of azo groups is 2. The second kappa shape index (κ2) is 9.30. The van der Waals surface area contributed by atoms with E-state index in [9.17, 15) is 13.2 Å². The topological polar surface area (TPSA) is 52.7 Å². The molecular formula is C24H22F3N5. The number of rotatable bonds is 5. The first-order valence-corrected chi connectivity index (χ1v) is 10.3. The minimum atomic E-state index is -4.37. The van der Waals surface area contributed by atoms with Gasteiger partial charge in [0.05, 0.1) is 28.3 Å². The van der Waals surface area contributed by atoms with Crippen LogP contribution in [0.5, 0.6) is 0 Å². The van der Waals surface area contributed by atoms with E-state index < -0.39 is 11.7 Å². The highest BCUT2D eigenvalue weighted by Gasteiger charge is 2.29. The number of aryl methyl sites for hydroxylation is 1. The Labute approximate surface area is 184 Å². The zero-order valence-corrected chi connectivity index (χ0v) is 17.5. The predicted molar refractivity (Wildman–Crippen MR) is 119 cm³/mol. The van der Waals surface area contributed by atoms with Crippen LogP contribution in [-0.2, 0) is 6.18 Å². The smallest absolute Gasteiger partial charge is 0.372 e. The minimum Gasteiger partial charge on any atom is -0.372 e. The van der Waals surface area contributed by atoms with E-state index in [0.717, 1.165) is 36.5 Å². The van der Waals surface area contributed by atoms with Crippen LogP contribution in [0.25, 0.3) is 0 Å². The molecule has 32 heavy (non-hydrogen) atoms. The Kier molecular flexibility index (Phi) is 6.30. The first kappa shape index (κ1) is 21.7. The highest BCUT2D eigenvalue weighted by molar-refractivity contribution is 5.55. The molecule has 164 valence electrons. The van der Waals surface area contributed by atoms with Crippen molar-refractivity contribution in [3.05, 3.63) is 77.9 Å². The highest BCUT2D eigenvalue weighted by atomic mass is 19.4. The maximum Gasteiger partial charge on any atom is 0.416 e. The van der Waals surface area contributed by atoms with Crippen LogP contribution in [0.2, 0.25) is 0 Å². The van der Waals surface area contributed by atoms with E-state index >= 15 is 0 Å². The van der Waals surface area contributed by atoms with Gasteiger partial charge in [-0.1, -0.05) is 0 Å². The summed E-state index contributed by atoms with van der Waals surface area (Å²) < 4.78 is 37.9. The molecule has 4 rings (SSSR count). The molecule has 0 radical (unpaired) electrons. The van der Waals surface area contributed by atoms with Crippen LogP contribution < -0.4 is 4.90 Å². The molecule has 1 aliphatic heterocycles. The largest absolute Gasteiger partial charge is 0.416 e. The Hall–Kier alpha value is -3.55. The monoisotopic (exact) mass is 437 g/mol. The lowest BCUT2D eigenvalue weighted by Gasteiger charge is -2.17. The number of alkyl halides is 3. The molecular weight excluding hydrogens is 415 g/mol. The lowest BCUT2D eigenvalue weighted by Crippen LogP contribution is -2.17. The van der Waals surface area contributed by atoms with Crippen LogP contribution in [0, 0.1) is 6.92 Å². The van der Waals surface area contributed by atoms with Gasteiger partial charge in [-0.15, -0.1) is 0 Å². The van der Waals surface area contributed by atoms with Crippen molar-refractivity contribution in [3.63, 3.8) is 0 Å². The zero-order chi connectivity index (χ0) is 22.6. The maximum atomic E-state index is 12.6. The fourth-order valence-electron chi connectivity index (χ4n) is 3.46. The van der Waals surface area contributed by atoms with Crippen molar-refractivity contribution < 1.29 is 13.2 Å². The van der Waals surface area contributed by atoms with Crippen molar-refractivity contribution in [2.24, 2.45) is 20.5 Å². The number of nitrogens with zero attached hydrogens (tertiary/aromatic N) is 5. The Balaban J connectivity index is 1.41. The van der Waals surface area contributed by atoms with Crippen molar-refractivity contribution in [2.45, 2.75) is 25.9 Å². The summed E-state index contributed by atoms with van der Waals surface area (Å²) in [6, 6.07) is 17.9. The molecule has 0 amide bonds. The summed E-state index contributed by atoms with van der Waals surface area (Å²) in [6.07, 6.45) is -1.89. The van der Waals surface area contributed by atoms with E-state index in [1.165, 1.54) is 30.7 Å². The summed E-state index contributed by atoms with van der Waals surface area (Å²) in [6.45, 7) is 4.09.